The van der Waals surface area contributed by atoms with Crippen molar-refractivity contribution in [2.75, 3.05) is 11.9 Å². The molecule has 0 aliphatic rings. The van der Waals surface area contributed by atoms with E-state index >= 15 is 0 Å². The second-order valence-corrected chi connectivity index (χ2v) is 3.84. The molecule has 0 fully saturated rings. The van der Waals surface area contributed by atoms with Crippen LogP contribution in [0.3, 0.4) is 0 Å². The van der Waals surface area contributed by atoms with Crippen LogP contribution in [-0.2, 0) is 4.79 Å². The van der Waals surface area contributed by atoms with Crippen molar-refractivity contribution < 1.29 is 13.9 Å². The molecule has 98 valence electrons. The Morgan fingerprint density at radius 3 is 2.74 bits per heavy atom. The van der Waals surface area contributed by atoms with E-state index in [1.165, 1.54) is 24.3 Å². The van der Waals surface area contributed by atoms with Crippen molar-refractivity contribution in [2.45, 2.75) is 6.42 Å². The van der Waals surface area contributed by atoms with Gasteiger partial charge in [-0.3, -0.25) is 9.78 Å². The predicted molar refractivity (Wildman–Crippen MR) is 69.4 cm³/mol. The largest absolute Gasteiger partial charge is 0.493 e. The Hall–Kier alpha value is -2.43. The average molecular weight is 260 g/mol. The summed E-state index contributed by atoms with van der Waals surface area (Å²) in [5.74, 6) is 0.0624. The van der Waals surface area contributed by atoms with Crippen LogP contribution in [0.2, 0.25) is 0 Å². The zero-order valence-electron chi connectivity index (χ0n) is 10.2. The van der Waals surface area contributed by atoms with Crippen LogP contribution >= 0.6 is 0 Å². The molecule has 1 aromatic heterocycles. The van der Waals surface area contributed by atoms with Gasteiger partial charge in [0.1, 0.15) is 11.6 Å². The Morgan fingerprint density at radius 2 is 2.05 bits per heavy atom. The highest BCUT2D eigenvalue weighted by Crippen LogP contribution is 2.11. The van der Waals surface area contributed by atoms with Crippen molar-refractivity contribution in [2.24, 2.45) is 0 Å². The van der Waals surface area contributed by atoms with E-state index < -0.39 is 0 Å². The number of nitrogens with zero attached hydrogens (tertiary/aromatic N) is 1. The maximum Gasteiger partial charge on any atom is 0.227 e. The molecule has 0 aliphatic carbocycles. The van der Waals surface area contributed by atoms with Gasteiger partial charge in [-0.2, -0.15) is 0 Å². The van der Waals surface area contributed by atoms with Gasteiger partial charge in [-0.15, -0.1) is 0 Å². The maximum absolute atomic E-state index is 12.7. The fourth-order valence-electron chi connectivity index (χ4n) is 1.45. The first-order valence-electron chi connectivity index (χ1n) is 5.82. The number of hydrogen-bond donors (Lipinski definition) is 1. The molecule has 1 heterocycles. The second-order valence-electron chi connectivity index (χ2n) is 3.84. The third-order valence-electron chi connectivity index (χ3n) is 2.36. The molecule has 0 radical (unpaired) electrons. The molecule has 5 heteroatoms. The topological polar surface area (TPSA) is 51.2 Å². The van der Waals surface area contributed by atoms with Crippen LogP contribution in [0.4, 0.5) is 10.1 Å². The van der Waals surface area contributed by atoms with E-state index in [0.717, 1.165) is 0 Å². The van der Waals surface area contributed by atoms with Gasteiger partial charge in [0.25, 0.3) is 0 Å². The van der Waals surface area contributed by atoms with E-state index in [0.29, 0.717) is 11.4 Å². The first-order chi connectivity index (χ1) is 9.24. The van der Waals surface area contributed by atoms with Crippen molar-refractivity contribution in [1.82, 2.24) is 4.98 Å². The molecule has 4 nitrogen and oxygen atoms in total. The number of carbonyl (C=O) groups excluding carboxylic acids is 1. The number of nitrogens with one attached hydrogen (secondary N) is 1. The number of anilines is 1. The minimum absolute atomic E-state index is 0.157. The molecular formula is C14H13FN2O2. The Balaban J connectivity index is 1.74. The van der Waals surface area contributed by atoms with Gasteiger partial charge >= 0.3 is 0 Å². The molecule has 0 aliphatic heterocycles. The number of ether oxygens (including phenoxy) is 1. The summed E-state index contributed by atoms with van der Waals surface area (Å²) >= 11 is 0. The molecular weight excluding hydrogens is 247 g/mol. The van der Waals surface area contributed by atoms with E-state index in [1.807, 2.05) is 0 Å². The number of amides is 1. The van der Waals surface area contributed by atoms with Crippen molar-refractivity contribution in [3.05, 3.63) is 54.6 Å². The molecule has 0 bridgehead atoms. The first kappa shape index (κ1) is 13.0. The summed E-state index contributed by atoms with van der Waals surface area (Å²) in [4.78, 5) is 15.5. The summed E-state index contributed by atoms with van der Waals surface area (Å²) in [7, 11) is 0. The highest BCUT2D eigenvalue weighted by Gasteiger charge is 2.03. The Labute approximate surface area is 110 Å². The molecule has 2 rings (SSSR count). The summed E-state index contributed by atoms with van der Waals surface area (Å²) in [6.07, 6.45) is 3.41. The number of rotatable bonds is 5. The number of aromatic nitrogens is 1. The highest BCUT2D eigenvalue weighted by atomic mass is 19.1. The summed E-state index contributed by atoms with van der Waals surface area (Å²) in [6, 6.07) is 9.16. The summed E-state index contributed by atoms with van der Waals surface area (Å²) in [5.41, 5.74) is 0.647. The zero-order valence-corrected chi connectivity index (χ0v) is 10.2. The molecule has 1 aromatic carbocycles. The molecule has 0 spiro atoms. The molecule has 19 heavy (non-hydrogen) atoms. The normalized spacial score (nSPS) is 9.95. The third-order valence-corrected chi connectivity index (χ3v) is 2.36. The van der Waals surface area contributed by atoms with E-state index in [1.54, 1.807) is 24.5 Å². The number of halogens is 1. The zero-order chi connectivity index (χ0) is 13.5. The molecule has 0 atom stereocenters. The molecule has 1 N–H and O–H groups in total. The minimum atomic E-state index is -0.318. The van der Waals surface area contributed by atoms with E-state index in [4.69, 9.17) is 4.74 Å². The monoisotopic (exact) mass is 260 g/mol. The highest BCUT2D eigenvalue weighted by molar-refractivity contribution is 5.90. The number of carbonyl (C=O) groups is 1. The summed E-state index contributed by atoms with van der Waals surface area (Å²) in [6.45, 7) is 0.234. The summed E-state index contributed by atoms with van der Waals surface area (Å²) in [5, 5.41) is 2.70. The second kappa shape index (κ2) is 6.49. The van der Waals surface area contributed by atoms with Crippen molar-refractivity contribution in [1.29, 1.82) is 0 Å². The molecule has 0 saturated carbocycles. The van der Waals surface area contributed by atoms with E-state index in [2.05, 4.69) is 10.3 Å². The standard InChI is InChI=1S/C14H13FN2O2/c15-11-3-5-13(6-4-11)19-9-7-14(18)17-12-2-1-8-16-10-12/h1-6,8,10H,7,9H2,(H,17,18). The van der Waals surface area contributed by atoms with Crippen LogP contribution in [0.25, 0.3) is 0 Å². The van der Waals surface area contributed by atoms with E-state index in [9.17, 15) is 9.18 Å². The Bertz CT molecular complexity index is 529. The lowest BCUT2D eigenvalue weighted by molar-refractivity contribution is -0.116. The van der Waals surface area contributed by atoms with Crippen LogP contribution in [0, 0.1) is 5.82 Å². The maximum atomic E-state index is 12.7. The quantitative estimate of drug-likeness (QED) is 0.899. The fraction of sp³-hybridized carbons (Fsp3) is 0.143. The Kier molecular flexibility index (Phi) is 4.44. The van der Waals surface area contributed by atoms with Gasteiger partial charge in [-0.05, 0) is 36.4 Å². The van der Waals surface area contributed by atoms with Gasteiger partial charge in [0.05, 0.1) is 24.9 Å². The lowest BCUT2D eigenvalue weighted by Crippen LogP contribution is -2.15. The van der Waals surface area contributed by atoms with Crippen LogP contribution < -0.4 is 10.1 Å². The van der Waals surface area contributed by atoms with Crippen LogP contribution in [0.5, 0.6) is 5.75 Å². The molecule has 2 aromatic rings. The van der Waals surface area contributed by atoms with Crippen molar-refractivity contribution in [3.8, 4) is 5.75 Å². The van der Waals surface area contributed by atoms with Crippen molar-refractivity contribution >= 4 is 11.6 Å². The van der Waals surface area contributed by atoms with Crippen LogP contribution in [0.15, 0.2) is 48.8 Å². The average Bonchev–Trinajstić information content (AvgIpc) is 2.42. The lowest BCUT2D eigenvalue weighted by Gasteiger charge is -2.06. The van der Waals surface area contributed by atoms with Gasteiger partial charge in [0.15, 0.2) is 0 Å². The molecule has 0 unspecified atom stereocenters. The predicted octanol–water partition coefficient (Wildman–Crippen LogP) is 2.63. The SMILES string of the molecule is O=C(CCOc1ccc(F)cc1)Nc1cccnc1. The van der Waals surface area contributed by atoms with Gasteiger partial charge < -0.3 is 10.1 Å². The fourth-order valence-corrected chi connectivity index (χ4v) is 1.45. The van der Waals surface area contributed by atoms with Crippen molar-refractivity contribution in [3.63, 3.8) is 0 Å². The molecule has 0 saturated heterocycles. The minimum Gasteiger partial charge on any atom is -0.493 e. The number of benzene rings is 1. The smallest absolute Gasteiger partial charge is 0.227 e. The van der Waals surface area contributed by atoms with Gasteiger partial charge in [0.2, 0.25) is 5.91 Å². The number of pyridine rings is 1. The Morgan fingerprint density at radius 1 is 1.26 bits per heavy atom. The number of hydrogen-bond acceptors (Lipinski definition) is 3. The van der Waals surface area contributed by atoms with Crippen LogP contribution in [-0.4, -0.2) is 17.5 Å². The lowest BCUT2D eigenvalue weighted by atomic mass is 10.3. The third kappa shape index (κ3) is 4.39. The van der Waals surface area contributed by atoms with Gasteiger partial charge in [-0.1, -0.05) is 0 Å². The van der Waals surface area contributed by atoms with Gasteiger partial charge in [-0.25, -0.2) is 4.39 Å². The molecule has 1 amide bonds. The summed E-state index contributed by atoms with van der Waals surface area (Å²) < 4.78 is 18.0. The van der Waals surface area contributed by atoms with Gasteiger partial charge in [0, 0.05) is 6.20 Å². The van der Waals surface area contributed by atoms with Crippen LogP contribution in [0.1, 0.15) is 6.42 Å². The van der Waals surface area contributed by atoms with E-state index in [-0.39, 0.29) is 24.8 Å². The first-order valence-corrected chi connectivity index (χ1v) is 5.82.